The summed E-state index contributed by atoms with van der Waals surface area (Å²) in [5.41, 5.74) is 15.9. The van der Waals surface area contributed by atoms with E-state index >= 15 is 0 Å². The predicted octanol–water partition coefficient (Wildman–Crippen LogP) is 4.53. The van der Waals surface area contributed by atoms with Crippen LogP contribution in [0.5, 0.6) is 0 Å². The average Bonchev–Trinajstić information content (AvgIpc) is 3.71. The van der Waals surface area contributed by atoms with Crippen molar-refractivity contribution in [3.8, 4) is 0 Å². The zero-order valence-electron chi connectivity index (χ0n) is 23.8. The van der Waals surface area contributed by atoms with E-state index in [1.54, 1.807) is 6.07 Å². The molecule has 1 aliphatic carbocycles. The normalized spacial score (nSPS) is 12.5. The van der Waals surface area contributed by atoms with Gasteiger partial charge in [-0.05, 0) is 47.9 Å². The monoisotopic (exact) mass is 657 g/mol. The van der Waals surface area contributed by atoms with Gasteiger partial charge in [0.2, 0.25) is 0 Å². The number of amidine groups is 2. The van der Waals surface area contributed by atoms with Crippen molar-refractivity contribution in [2.75, 3.05) is 6.61 Å². The minimum Gasteiger partial charge on any atom is -0.475 e. The Balaban J connectivity index is 0.000000440. The molecular weight excluding hydrogens is 628 g/mol. The van der Waals surface area contributed by atoms with Gasteiger partial charge in [-0.15, -0.1) is 0 Å². The summed E-state index contributed by atoms with van der Waals surface area (Å²) in [5.74, 6) is -5.26. The van der Waals surface area contributed by atoms with Crippen LogP contribution in [-0.2, 0) is 27.3 Å². The number of carboxylic acid groups (broad SMARTS) is 2. The van der Waals surface area contributed by atoms with Crippen molar-refractivity contribution in [1.29, 1.82) is 10.8 Å². The second-order valence-electron chi connectivity index (χ2n) is 9.92. The van der Waals surface area contributed by atoms with E-state index in [2.05, 4.69) is 0 Å². The third-order valence-electron chi connectivity index (χ3n) is 6.08. The number of aromatic nitrogens is 1. The molecule has 0 bridgehead atoms. The SMILES string of the molecule is N=C(N)c1ccc(Cc2cn(Cc3cccc(C(=N)N)c3)cc2C(=O)OCC2CC2)cc1.O=C(O)C(F)(F)F.O=C(O)C(F)(F)F. The van der Waals surface area contributed by atoms with Gasteiger partial charge in [-0.3, -0.25) is 10.8 Å². The van der Waals surface area contributed by atoms with E-state index in [9.17, 15) is 31.1 Å². The van der Waals surface area contributed by atoms with Crippen LogP contribution in [0.15, 0.2) is 60.9 Å². The van der Waals surface area contributed by atoms with Crippen molar-refractivity contribution in [2.24, 2.45) is 17.4 Å². The number of hydrogen-bond acceptors (Lipinski definition) is 6. The highest BCUT2D eigenvalue weighted by Crippen LogP contribution is 2.29. The molecule has 2 aromatic carbocycles. The number of nitrogens with two attached hydrogens (primary N) is 2. The van der Waals surface area contributed by atoms with Gasteiger partial charge in [0.05, 0.1) is 12.2 Å². The highest BCUT2D eigenvalue weighted by atomic mass is 19.4. The Morgan fingerprint density at radius 1 is 0.826 bits per heavy atom. The topological polar surface area (TPSA) is 206 Å². The molecular formula is C29H29F6N5O6. The van der Waals surface area contributed by atoms with E-state index in [1.807, 2.05) is 59.4 Å². The number of benzene rings is 2. The van der Waals surface area contributed by atoms with Gasteiger partial charge in [-0.1, -0.05) is 42.5 Å². The Morgan fingerprint density at radius 2 is 1.35 bits per heavy atom. The number of alkyl halides is 6. The van der Waals surface area contributed by atoms with Crippen LogP contribution < -0.4 is 11.5 Å². The van der Waals surface area contributed by atoms with Gasteiger partial charge in [0.15, 0.2) is 0 Å². The largest absolute Gasteiger partial charge is 0.490 e. The molecule has 0 radical (unpaired) electrons. The first kappa shape index (κ1) is 36.8. The van der Waals surface area contributed by atoms with Gasteiger partial charge in [-0.25, -0.2) is 14.4 Å². The van der Waals surface area contributed by atoms with Crippen LogP contribution in [0.3, 0.4) is 0 Å². The summed E-state index contributed by atoms with van der Waals surface area (Å²) < 4.78 is 71.0. The van der Waals surface area contributed by atoms with Gasteiger partial charge in [0.25, 0.3) is 0 Å². The lowest BCUT2D eigenvalue weighted by Gasteiger charge is -2.06. The van der Waals surface area contributed by atoms with Gasteiger partial charge in [0, 0.05) is 30.1 Å². The minimum atomic E-state index is -5.08. The fraction of sp³-hybridized carbons (Fsp3) is 0.276. The number of aliphatic carboxylic acids is 2. The van der Waals surface area contributed by atoms with Crippen LogP contribution in [0.1, 0.15) is 51.0 Å². The molecule has 0 amide bonds. The minimum absolute atomic E-state index is 0.0263. The summed E-state index contributed by atoms with van der Waals surface area (Å²) in [4.78, 5) is 30.6. The number of hydrogen-bond donors (Lipinski definition) is 6. The molecule has 1 fully saturated rings. The first-order chi connectivity index (χ1) is 21.3. The molecule has 46 heavy (non-hydrogen) atoms. The fourth-order valence-corrected chi connectivity index (χ4v) is 3.60. The first-order valence-corrected chi connectivity index (χ1v) is 13.1. The lowest BCUT2D eigenvalue weighted by Crippen LogP contribution is -2.21. The zero-order chi connectivity index (χ0) is 34.8. The summed E-state index contributed by atoms with van der Waals surface area (Å²) in [6, 6.07) is 15.0. The molecule has 0 atom stereocenters. The molecule has 3 aromatic rings. The lowest BCUT2D eigenvalue weighted by molar-refractivity contribution is -0.193. The summed E-state index contributed by atoms with van der Waals surface area (Å²) in [6.45, 7) is 1.02. The van der Waals surface area contributed by atoms with E-state index < -0.39 is 24.3 Å². The Labute approximate surface area is 257 Å². The Hall–Kier alpha value is -5.35. The van der Waals surface area contributed by atoms with Crippen LogP contribution in [-0.4, -0.2) is 63.3 Å². The second-order valence-corrected chi connectivity index (χ2v) is 9.92. The molecule has 0 unspecified atom stereocenters. The van der Waals surface area contributed by atoms with E-state index in [4.69, 9.17) is 46.8 Å². The fourth-order valence-electron chi connectivity index (χ4n) is 3.60. The van der Waals surface area contributed by atoms with Crippen molar-refractivity contribution in [2.45, 2.75) is 38.2 Å². The van der Waals surface area contributed by atoms with E-state index in [0.29, 0.717) is 42.2 Å². The number of carbonyl (C=O) groups excluding carboxylic acids is 1. The molecule has 0 aliphatic heterocycles. The molecule has 4 rings (SSSR count). The molecule has 1 aromatic heterocycles. The molecule has 248 valence electrons. The number of nitrogens with zero attached hydrogens (tertiary/aromatic N) is 1. The first-order valence-electron chi connectivity index (χ1n) is 13.1. The maximum Gasteiger partial charge on any atom is 0.490 e. The highest BCUT2D eigenvalue weighted by Gasteiger charge is 2.38. The molecule has 11 nitrogen and oxygen atoms in total. The van der Waals surface area contributed by atoms with Gasteiger partial charge < -0.3 is 31.0 Å². The second kappa shape index (κ2) is 15.6. The lowest BCUT2D eigenvalue weighted by atomic mass is 10.0. The maximum atomic E-state index is 12.8. The predicted molar refractivity (Wildman–Crippen MR) is 152 cm³/mol. The Bertz CT molecular complexity index is 1540. The van der Waals surface area contributed by atoms with E-state index in [-0.39, 0.29) is 17.6 Å². The average molecular weight is 658 g/mol. The molecule has 1 saturated carbocycles. The van der Waals surface area contributed by atoms with Crippen molar-refractivity contribution < 1.29 is 55.7 Å². The third-order valence-corrected chi connectivity index (χ3v) is 6.08. The highest BCUT2D eigenvalue weighted by molar-refractivity contribution is 5.95. The zero-order valence-corrected chi connectivity index (χ0v) is 23.8. The molecule has 17 heteroatoms. The number of carbonyl (C=O) groups is 3. The van der Waals surface area contributed by atoms with Gasteiger partial charge in [-0.2, -0.15) is 26.3 Å². The van der Waals surface area contributed by atoms with E-state index in [0.717, 1.165) is 29.5 Å². The molecule has 1 heterocycles. The quantitative estimate of drug-likeness (QED) is 0.0833. The number of ether oxygens (including phenoxy) is 1. The van der Waals surface area contributed by atoms with Crippen molar-refractivity contribution >= 4 is 29.6 Å². The number of esters is 1. The van der Waals surface area contributed by atoms with Gasteiger partial charge >= 0.3 is 30.3 Å². The van der Waals surface area contributed by atoms with E-state index in [1.165, 1.54) is 0 Å². The standard InChI is InChI=1S/C25H27N5O2.2C2HF3O2/c26-23(27)19-8-6-16(7-9-19)10-21-13-30(12-18-2-1-3-20(11-18)24(28)29)14-22(21)25(31)32-15-17-4-5-17;2*3-2(4,5)1(6)7/h1-3,6-9,11,13-14,17H,4-5,10,12,15H2,(H3,26,27)(H3,28,29);2*(H,6,7). The Kier molecular flexibility index (Phi) is 12.5. The van der Waals surface area contributed by atoms with Crippen LogP contribution in [0.4, 0.5) is 26.3 Å². The maximum absolute atomic E-state index is 12.8. The summed E-state index contributed by atoms with van der Waals surface area (Å²) in [6.07, 6.45) is -3.57. The smallest absolute Gasteiger partial charge is 0.475 e. The molecule has 1 aliphatic rings. The number of halogens is 6. The molecule has 0 spiro atoms. The van der Waals surface area contributed by atoms with Crippen LogP contribution in [0.2, 0.25) is 0 Å². The number of nitrogen functional groups attached to an aromatic ring is 2. The van der Waals surface area contributed by atoms with Gasteiger partial charge in [0.1, 0.15) is 11.7 Å². The van der Waals surface area contributed by atoms with Crippen LogP contribution >= 0.6 is 0 Å². The number of rotatable bonds is 9. The summed E-state index contributed by atoms with van der Waals surface area (Å²) in [5, 5.41) is 29.4. The number of nitrogens with one attached hydrogen (secondary N) is 2. The van der Waals surface area contributed by atoms with Crippen molar-refractivity contribution in [1.82, 2.24) is 4.57 Å². The van der Waals surface area contributed by atoms with Crippen LogP contribution in [0, 0.1) is 16.7 Å². The summed E-state index contributed by atoms with van der Waals surface area (Å²) >= 11 is 0. The van der Waals surface area contributed by atoms with Crippen molar-refractivity contribution in [3.63, 3.8) is 0 Å². The number of carboxylic acids is 2. The summed E-state index contributed by atoms with van der Waals surface area (Å²) in [7, 11) is 0. The Morgan fingerprint density at radius 3 is 1.80 bits per heavy atom. The van der Waals surface area contributed by atoms with Crippen molar-refractivity contribution in [3.05, 3.63) is 94.3 Å². The molecule has 0 saturated heterocycles. The van der Waals surface area contributed by atoms with Crippen LogP contribution in [0.25, 0.3) is 0 Å². The third kappa shape index (κ3) is 12.3. The molecule has 8 N–H and O–H groups in total.